The van der Waals surface area contributed by atoms with Gasteiger partial charge in [0.2, 0.25) is 11.8 Å². The summed E-state index contributed by atoms with van der Waals surface area (Å²) in [4.78, 5) is 27.0. The van der Waals surface area contributed by atoms with E-state index in [9.17, 15) is 9.59 Å². The number of rotatable bonds is 5. The maximum absolute atomic E-state index is 12.0. The average Bonchev–Trinajstić information content (AvgIpc) is 2.31. The summed E-state index contributed by atoms with van der Waals surface area (Å²) < 4.78 is 0. The highest BCUT2D eigenvalue weighted by molar-refractivity contribution is 5.85. The van der Waals surface area contributed by atoms with Gasteiger partial charge in [-0.3, -0.25) is 9.59 Å². The maximum atomic E-state index is 12.0. The Bertz CT molecular complexity index is 321. The Hall–Kier alpha value is -0.810. The summed E-state index contributed by atoms with van der Waals surface area (Å²) in [7, 11) is 1.77. The Labute approximate surface area is 121 Å². The third-order valence-electron chi connectivity index (χ3n) is 3.39. The summed E-state index contributed by atoms with van der Waals surface area (Å²) in [6.07, 6.45) is 2.52. The molecule has 1 aliphatic rings. The number of nitrogens with zero attached hydrogens (tertiary/aromatic N) is 2. The van der Waals surface area contributed by atoms with Crippen LogP contribution < -0.4 is 5.73 Å². The van der Waals surface area contributed by atoms with Crippen molar-refractivity contribution in [1.82, 2.24) is 9.80 Å². The molecule has 5 nitrogen and oxygen atoms in total. The van der Waals surface area contributed by atoms with Crippen LogP contribution in [0, 0.1) is 5.41 Å². The Morgan fingerprint density at radius 3 is 2.58 bits per heavy atom. The summed E-state index contributed by atoms with van der Waals surface area (Å²) in [5.41, 5.74) is 5.57. The van der Waals surface area contributed by atoms with Gasteiger partial charge in [0.15, 0.2) is 0 Å². The number of piperidine rings is 1. The van der Waals surface area contributed by atoms with Gasteiger partial charge in [0.1, 0.15) is 0 Å². The van der Waals surface area contributed by atoms with Crippen LogP contribution in [0.1, 0.15) is 33.1 Å². The van der Waals surface area contributed by atoms with Crippen molar-refractivity contribution < 1.29 is 9.59 Å². The lowest BCUT2D eigenvalue weighted by atomic mass is 9.93. The molecule has 19 heavy (non-hydrogen) atoms. The van der Waals surface area contributed by atoms with E-state index in [1.807, 2.05) is 13.8 Å². The van der Waals surface area contributed by atoms with E-state index >= 15 is 0 Å². The highest BCUT2D eigenvalue weighted by atomic mass is 35.5. The first-order chi connectivity index (χ1) is 8.35. The lowest BCUT2D eigenvalue weighted by Gasteiger charge is -2.32. The Morgan fingerprint density at radius 2 is 2.05 bits per heavy atom. The zero-order valence-corrected chi connectivity index (χ0v) is 13.0. The van der Waals surface area contributed by atoms with Crippen LogP contribution in [0.25, 0.3) is 0 Å². The van der Waals surface area contributed by atoms with Crippen LogP contribution >= 0.6 is 12.4 Å². The molecule has 0 aromatic heterocycles. The van der Waals surface area contributed by atoms with Gasteiger partial charge in [-0.05, 0) is 24.8 Å². The van der Waals surface area contributed by atoms with Crippen molar-refractivity contribution >= 4 is 24.2 Å². The zero-order chi connectivity index (χ0) is 13.8. The van der Waals surface area contributed by atoms with Crippen LogP contribution in [0.3, 0.4) is 0 Å². The van der Waals surface area contributed by atoms with E-state index in [-0.39, 0.29) is 36.2 Å². The van der Waals surface area contributed by atoms with Crippen molar-refractivity contribution in [1.29, 1.82) is 0 Å². The van der Waals surface area contributed by atoms with Crippen LogP contribution in [0.2, 0.25) is 0 Å². The molecule has 2 amide bonds. The molecule has 0 atom stereocenters. The molecular weight excluding hydrogens is 266 g/mol. The van der Waals surface area contributed by atoms with Gasteiger partial charge >= 0.3 is 0 Å². The number of nitrogens with two attached hydrogens (primary N) is 1. The third kappa shape index (κ3) is 5.78. The Balaban J connectivity index is 0.00000324. The number of amides is 2. The van der Waals surface area contributed by atoms with Crippen LogP contribution in [-0.2, 0) is 9.59 Å². The van der Waals surface area contributed by atoms with Gasteiger partial charge in [-0.15, -0.1) is 12.4 Å². The summed E-state index contributed by atoms with van der Waals surface area (Å²) in [6.45, 7) is 6.12. The minimum atomic E-state index is -0.0870. The predicted molar refractivity (Wildman–Crippen MR) is 78.2 cm³/mol. The lowest BCUT2D eigenvalue weighted by Crippen LogP contribution is -2.46. The molecule has 6 heteroatoms. The van der Waals surface area contributed by atoms with E-state index in [1.165, 1.54) is 0 Å². The fraction of sp³-hybridized carbons (Fsp3) is 0.846. The monoisotopic (exact) mass is 291 g/mol. The maximum Gasteiger partial charge on any atom is 0.241 e. The molecule has 0 saturated carbocycles. The molecule has 1 aliphatic heterocycles. The molecule has 0 aliphatic carbocycles. The van der Waals surface area contributed by atoms with Gasteiger partial charge in [-0.25, -0.2) is 0 Å². The largest absolute Gasteiger partial charge is 0.344 e. The predicted octanol–water partition coefficient (Wildman–Crippen LogP) is 0.864. The smallest absolute Gasteiger partial charge is 0.241 e. The van der Waals surface area contributed by atoms with E-state index < -0.39 is 0 Å². The van der Waals surface area contributed by atoms with Crippen molar-refractivity contribution in [3.05, 3.63) is 0 Å². The zero-order valence-electron chi connectivity index (χ0n) is 12.1. The highest BCUT2D eigenvalue weighted by Gasteiger charge is 2.25. The van der Waals surface area contributed by atoms with Gasteiger partial charge in [-0.1, -0.05) is 13.8 Å². The normalized spacial score (nSPS) is 16.0. The van der Waals surface area contributed by atoms with Crippen LogP contribution in [-0.4, -0.2) is 54.8 Å². The van der Waals surface area contributed by atoms with Gasteiger partial charge in [-0.2, -0.15) is 0 Å². The molecule has 0 spiro atoms. The van der Waals surface area contributed by atoms with Crippen molar-refractivity contribution in [3.8, 4) is 0 Å². The SMILES string of the molecule is CN(CC(C)(C)CN)C(=O)CN1CCCCC1=O.Cl. The quantitative estimate of drug-likeness (QED) is 0.817. The molecule has 0 radical (unpaired) electrons. The van der Waals surface area contributed by atoms with Gasteiger partial charge in [0, 0.05) is 26.6 Å². The standard InChI is InChI=1S/C13H25N3O2.ClH/c1-13(2,9-14)10-15(3)12(18)8-16-7-5-4-6-11(16)17;/h4-10,14H2,1-3H3;1H. The highest BCUT2D eigenvalue weighted by Crippen LogP contribution is 2.15. The van der Waals surface area contributed by atoms with Crippen molar-refractivity contribution in [2.75, 3.05) is 33.2 Å². The molecule has 112 valence electrons. The number of halogens is 1. The van der Waals surface area contributed by atoms with Gasteiger partial charge < -0.3 is 15.5 Å². The fourth-order valence-electron chi connectivity index (χ4n) is 2.11. The van der Waals surface area contributed by atoms with Crippen molar-refractivity contribution in [3.63, 3.8) is 0 Å². The van der Waals surface area contributed by atoms with Crippen molar-refractivity contribution in [2.45, 2.75) is 33.1 Å². The van der Waals surface area contributed by atoms with E-state index in [0.717, 1.165) is 12.8 Å². The van der Waals surface area contributed by atoms with E-state index in [1.54, 1.807) is 16.8 Å². The number of carbonyl (C=O) groups is 2. The topological polar surface area (TPSA) is 66.6 Å². The van der Waals surface area contributed by atoms with Crippen LogP contribution in [0.5, 0.6) is 0 Å². The van der Waals surface area contributed by atoms with Crippen LogP contribution in [0.4, 0.5) is 0 Å². The number of likely N-dealkylation sites (N-methyl/N-ethyl adjacent to an activating group) is 1. The molecule has 1 rings (SSSR count). The van der Waals surface area contributed by atoms with Gasteiger partial charge in [0.25, 0.3) is 0 Å². The summed E-state index contributed by atoms with van der Waals surface area (Å²) in [5, 5.41) is 0. The summed E-state index contributed by atoms with van der Waals surface area (Å²) in [5.74, 6) is 0.0906. The molecule has 0 unspecified atom stereocenters. The van der Waals surface area contributed by atoms with E-state index in [2.05, 4.69) is 0 Å². The number of carbonyl (C=O) groups excluding carboxylic acids is 2. The molecule has 0 bridgehead atoms. The Morgan fingerprint density at radius 1 is 1.42 bits per heavy atom. The summed E-state index contributed by atoms with van der Waals surface area (Å²) >= 11 is 0. The first-order valence-corrected chi connectivity index (χ1v) is 6.57. The second-order valence-corrected chi connectivity index (χ2v) is 5.89. The average molecular weight is 292 g/mol. The molecule has 1 heterocycles. The molecular formula is C13H26ClN3O2. The third-order valence-corrected chi connectivity index (χ3v) is 3.39. The second kappa shape index (κ2) is 7.70. The minimum Gasteiger partial charge on any atom is -0.344 e. The van der Waals surface area contributed by atoms with Crippen molar-refractivity contribution in [2.24, 2.45) is 11.1 Å². The van der Waals surface area contributed by atoms with Gasteiger partial charge in [0.05, 0.1) is 6.54 Å². The molecule has 1 fully saturated rings. The Kier molecular flexibility index (Phi) is 7.37. The summed E-state index contributed by atoms with van der Waals surface area (Å²) in [6, 6.07) is 0. The number of likely N-dealkylation sites (tertiary alicyclic amines) is 1. The van der Waals surface area contributed by atoms with Crippen LogP contribution in [0.15, 0.2) is 0 Å². The first-order valence-electron chi connectivity index (χ1n) is 6.57. The molecule has 1 saturated heterocycles. The second-order valence-electron chi connectivity index (χ2n) is 5.89. The molecule has 0 aromatic carbocycles. The molecule has 0 aromatic rings. The number of hydrogen-bond donors (Lipinski definition) is 1. The number of hydrogen-bond acceptors (Lipinski definition) is 3. The van der Waals surface area contributed by atoms with E-state index in [0.29, 0.717) is 26.1 Å². The van der Waals surface area contributed by atoms with E-state index in [4.69, 9.17) is 5.73 Å². The molecule has 2 N–H and O–H groups in total. The fourth-order valence-corrected chi connectivity index (χ4v) is 2.11. The minimum absolute atomic E-state index is 0. The lowest BCUT2D eigenvalue weighted by molar-refractivity contribution is -0.141. The first kappa shape index (κ1) is 18.2.